The van der Waals surface area contributed by atoms with Crippen LogP contribution in [-0.2, 0) is 0 Å². The van der Waals surface area contributed by atoms with E-state index in [4.69, 9.17) is 0 Å². The van der Waals surface area contributed by atoms with Crippen LogP contribution in [0.25, 0.3) is 20.2 Å². The van der Waals surface area contributed by atoms with Crippen molar-refractivity contribution in [2.24, 2.45) is 0 Å². The summed E-state index contributed by atoms with van der Waals surface area (Å²) in [6.45, 7) is 0. The molecule has 316 valence electrons. The maximum atomic E-state index is 2.41. The van der Waals surface area contributed by atoms with Crippen molar-refractivity contribution in [2.45, 2.75) is 6.42 Å². The van der Waals surface area contributed by atoms with Crippen molar-refractivity contribution in [3.8, 4) is 0 Å². The molecule has 0 radical (unpaired) electrons. The number of para-hydroxylation sites is 6. The van der Waals surface area contributed by atoms with Gasteiger partial charge in [0, 0.05) is 94.9 Å². The number of thiophene rings is 1. The van der Waals surface area contributed by atoms with Crippen molar-refractivity contribution in [1.82, 2.24) is 0 Å². The zero-order valence-corrected chi connectivity index (χ0v) is 37.1. The van der Waals surface area contributed by atoms with E-state index in [1.165, 1.54) is 25.9 Å². The number of allylic oxidation sites excluding steroid dienone is 4. The van der Waals surface area contributed by atoms with Crippen molar-refractivity contribution < 1.29 is 0 Å². The normalized spacial score (nSPS) is 12.3. The minimum Gasteiger partial charge on any atom is -0.314 e. The Morgan fingerprint density at radius 1 is 0.288 bits per heavy atom. The Morgan fingerprint density at radius 3 is 1.02 bits per heavy atom. The Labute approximate surface area is 390 Å². The highest BCUT2D eigenvalue weighted by atomic mass is 32.1. The van der Waals surface area contributed by atoms with Gasteiger partial charge in [-0.05, 0) is 152 Å². The van der Waals surface area contributed by atoms with Crippen molar-refractivity contribution >= 4 is 88.4 Å². The van der Waals surface area contributed by atoms with Gasteiger partial charge in [0.25, 0.3) is 0 Å². The first kappa shape index (κ1) is 40.4. The van der Waals surface area contributed by atoms with Crippen LogP contribution in [0.4, 0.5) is 56.9 Å². The molecule has 1 aliphatic carbocycles. The van der Waals surface area contributed by atoms with Crippen molar-refractivity contribution in [2.75, 3.05) is 19.6 Å². The van der Waals surface area contributed by atoms with Gasteiger partial charge in [0.05, 0.1) is 0 Å². The molecule has 5 heteroatoms. The quantitative estimate of drug-likeness (QED) is 0.121. The highest BCUT2D eigenvalue weighted by molar-refractivity contribution is 7.25. The molecule has 0 amide bonds. The molecular weight excluding hydrogens is 821 g/mol. The highest BCUT2D eigenvalue weighted by Crippen LogP contribution is 2.44. The first-order valence-corrected chi connectivity index (χ1v) is 23.2. The van der Waals surface area contributed by atoms with Crippen molar-refractivity contribution in [1.29, 1.82) is 0 Å². The fourth-order valence-electron chi connectivity index (χ4n) is 8.99. The topological polar surface area (TPSA) is 13.0 Å². The average Bonchev–Trinajstić information content (AvgIpc) is 3.58. The van der Waals surface area contributed by atoms with E-state index in [1.807, 2.05) is 11.3 Å². The Morgan fingerprint density at radius 2 is 0.606 bits per heavy atom. The van der Waals surface area contributed by atoms with E-state index in [-0.39, 0.29) is 0 Å². The van der Waals surface area contributed by atoms with E-state index in [1.54, 1.807) is 0 Å². The Bertz CT molecular complexity index is 3230. The summed E-state index contributed by atoms with van der Waals surface area (Å²) in [5.41, 5.74) is 13.4. The van der Waals surface area contributed by atoms with Gasteiger partial charge in [-0.15, -0.1) is 11.3 Å². The van der Waals surface area contributed by atoms with E-state index >= 15 is 0 Å². The molecule has 0 atom stereocenters. The van der Waals surface area contributed by atoms with Crippen LogP contribution in [0.3, 0.4) is 0 Å². The summed E-state index contributed by atoms with van der Waals surface area (Å²) in [6.07, 6.45) is 9.84. The first-order chi connectivity index (χ1) is 32.7. The molecule has 1 heterocycles. The molecule has 0 bridgehead atoms. The minimum absolute atomic E-state index is 0.762. The summed E-state index contributed by atoms with van der Waals surface area (Å²) in [5.74, 6) is 0. The molecule has 9 aromatic carbocycles. The van der Waals surface area contributed by atoms with Crippen molar-refractivity contribution in [3.63, 3.8) is 0 Å². The SMILES string of the molecule is C1=CC(N(c2ccccc2)c2ccccc2)=CC=C(N(c2ccccc2)c2ccc3sc4ccc(N(c5ccccc5)c5ccc(N(c6ccccc6)c6ccccc6)cc5)cc4c3c2)C1. The molecule has 0 fully saturated rings. The molecule has 0 spiro atoms. The average molecular weight is 867 g/mol. The minimum atomic E-state index is 0.762. The third kappa shape index (κ3) is 8.16. The molecular formula is C61H46N4S. The number of nitrogens with zero attached hydrogens (tertiary/aromatic N) is 4. The highest BCUT2D eigenvalue weighted by Gasteiger charge is 2.21. The smallest absolute Gasteiger partial charge is 0.0468 e. The summed E-state index contributed by atoms with van der Waals surface area (Å²) in [7, 11) is 0. The summed E-state index contributed by atoms with van der Waals surface area (Å²) in [6, 6.07) is 86.6. The van der Waals surface area contributed by atoms with E-state index in [2.05, 4.69) is 287 Å². The van der Waals surface area contributed by atoms with Crippen LogP contribution in [0, 0.1) is 0 Å². The molecule has 1 aliphatic rings. The predicted octanol–water partition coefficient (Wildman–Crippen LogP) is 17.7. The van der Waals surface area contributed by atoms with Gasteiger partial charge in [0.1, 0.15) is 0 Å². The third-order valence-electron chi connectivity index (χ3n) is 12.0. The van der Waals surface area contributed by atoms with Gasteiger partial charge in [0.2, 0.25) is 0 Å². The second-order valence-electron chi connectivity index (χ2n) is 16.2. The summed E-state index contributed by atoms with van der Waals surface area (Å²) in [4.78, 5) is 9.40. The lowest BCUT2D eigenvalue weighted by Gasteiger charge is -2.28. The number of fused-ring (bicyclic) bond motifs is 3. The second-order valence-corrected chi connectivity index (χ2v) is 17.3. The number of hydrogen-bond donors (Lipinski definition) is 0. The van der Waals surface area contributed by atoms with Gasteiger partial charge in [0.15, 0.2) is 0 Å². The fraction of sp³-hybridized carbons (Fsp3) is 0.0164. The molecule has 66 heavy (non-hydrogen) atoms. The van der Waals surface area contributed by atoms with Crippen LogP contribution in [0.2, 0.25) is 0 Å². The molecule has 0 N–H and O–H groups in total. The van der Waals surface area contributed by atoms with Crippen LogP contribution in [0.1, 0.15) is 6.42 Å². The predicted molar refractivity (Wildman–Crippen MR) is 282 cm³/mol. The monoisotopic (exact) mass is 866 g/mol. The van der Waals surface area contributed by atoms with E-state index in [9.17, 15) is 0 Å². The second kappa shape index (κ2) is 18.4. The molecule has 0 saturated carbocycles. The molecule has 0 aliphatic heterocycles. The van der Waals surface area contributed by atoms with Gasteiger partial charge in [-0.3, -0.25) is 0 Å². The largest absolute Gasteiger partial charge is 0.314 e. The lowest BCUT2D eigenvalue weighted by atomic mass is 10.1. The number of hydrogen-bond acceptors (Lipinski definition) is 5. The van der Waals surface area contributed by atoms with Gasteiger partial charge in [-0.1, -0.05) is 115 Å². The first-order valence-electron chi connectivity index (χ1n) is 22.4. The van der Waals surface area contributed by atoms with Crippen LogP contribution < -0.4 is 19.6 Å². The molecule has 1 aromatic heterocycles. The molecule has 11 rings (SSSR count). The van der Waals surface area contributed by atoms with Crippen LogP contribution in [-0.4, -0.2) is 0 Å². The van der Waals surface area contributed by atoms with E-state index in [0.717, 1.165) is 69.0 Å². The van der Waals surface area contributed by atoms with Gasteiger partial charge in [-0.25, -0.2) is 0 Å². The number of anilines is 10. The van der Waals surface area contributed by atoms with Crippen LogP contribution in [0.5, 0.6) is 0 Å². The summed E-state index contributed by atoms with van der Waals surface area (Å²) >= 11 is 1.85. The zero-order chi connectivity index (χ0) is 44.1. The van der Waals surface area contributed by atoms with Gasteiger partial charge >= 0.3 is 0 Å². The number of rotatable bonds is 12. The van der Waals surface area contributed by atoms with Crippen LogP contribution >= 0.6 is 11.3 Å². The van der Waals surface area contributed by atoms with Crippen LogP contribution in [0.15, 0.2) is 278 Å². The molecule has 4 nitrogen and oxygen atoms in total. The lowest BCUT2D eigenvalue weighted by Crippen LogP contribution is -2.16. The maximum absolute atomic E-state index is 2.41. The fourth-order valence-corrected chi connectivity index (χ4v) is 10.1. The Hall–Kier alpha value is -8.38. The Kier molecular flexibility index (Phi) is 11.3. The van der Waals surface area contributed by atoms with E-state index in [0.29, 0.717) is 0 Å². The number of benzene rings is 9. The Balaban J connectivity index is 0.988. The molecule has 0 saturated heterocycles. The van der Waals surface area contributed by atoms with Gasteiger partial charge in [-0.2, -0.15) is 0 Å². The summed E-state index contributed by atoms with van der Waals surface area (Å²) < 4.78 is 2.52. The van der Waals surface area contributed by atoms with E-state index < -0.39 is 0 Å². The van der Waals surface area contributed by atoms with Gasteiger partial charge < -0.3 is 19.6 Å². The maximum Gasteiger partial charge on any atom is 0.0468 e. The summed E-state index contributed by atoms with van der Waals surface area (Å²) in [5, 5.41) is 2.47. The zero-order valence-electron chi connectivity index (χ0n) is 36.3. The third-order valence-corrected chi connectivity index (χ3v) is 13.2. The lowest BCUT2D eigenvalue weighted by molar-refractivity contribution is 1.08. The molecule has 0 unspecified atom stereocenters. The standard InChI is InChI=1S/C61H46N4S/c1-7-20-46(21-8-1)62(47-22-9-2-10-23-47)52-32-19-33-53(35-34-52)64(50-28-15-5-16-29-50)56-40-42-60-58(44-56)59-45-57(41-43-61(59)66-60)65(51-30-17-6-18-31-51)55-38-36-54(37-39-55)63(48-24-11-3-12-25-48)49-26-13-4-14-27-49/h1-32,34-45H,33H2. The molecule has 10 aromatic rings. The van der Waals surface area contributed by atoms with Crippen molar-refractivity contribution in [3.05, 3.63) is 278 Å².